The van der Waals surface area contributed by atoms with Gasteiger partial charge in [0.2, 0.25) is 0 Å². The number of hydrogen-bond donors (Lipinski definition) is 0. The van der Waals surface area contributed by atoms with Gasteiger partial charge in [-0.15, -0.1) is 0 Å². The van der Waals surface area contributed by atoms with Gasteiger partial charge in [-0.25, -0.2) is 4.21 Å². The normalized spacial score (nSPS) is 18.2. The zero-order valence-corrected chi connectivity index (χ0v) is 16.8. The minimum atomic E-state index is -2.55. The second-order valence-corrected chi connectivity index (χ2v) is 8.80. The second kappa shape index (κ2) is 7.17. The van der Waals surface area contributed by atoms with E-state index in [1.54, 1.807) is 20.5 Å². The lowest BCUT2D eigenvalue weighted by Crippen LogP contribution is -2.09. The number of ether oxygens (including phenoxy) is 2. The zero-order chi connectivity index (χ0) is 19.7. The van der Waals surface area contributed by atoms with E-state index in [4.69, 9.17) is 13.8 Å². The van der Waals surface area contributed by atoms with Crippen molar-refractivity contribution in [2.75, 3.05) is 20.5 Å². The van der Waals surface area contributed by atoms with Crippen LogP contribution in [-0.2, 0) is 9.73 Å². The summed E-state index contributed by atoms with van der Waals surface area (Å²) >= 11 is 0. The Morgan fingerprint density at radius 2 is 1.29 bits per heavy atom. The van der Waals surface area contributed by atoms with Crippen LogP contribution in [0.4, 0.5) is 0 Å². The molecule has 0 saturated heterocycles. The Bertz CT molecular complexity index is 1170. The summed E-state index contributed by atoms with van der Waals surface area (Å²) in [5, 5.41) is 0. The average molecular weight is 391 g/mol. The summed E-state index contributed by atoms with van der Waals surface area (Å²) in [5.74, 6) is 1.56. The van der Waals surface area contributed by atoms with Crippen LogP contribution in [0.25, 0.3) is 11.3 Å². The molecule has 1 unspecified atom stereocenters. The minimum absolute atomic E-state index is 0.721. The predicted octanol–water partition coefficient (Wildman–Crippen LogP) is 5.09. The molecule has 0 fully saturated rings. The molecule has 0 amide bonds. The van der Waals surface area contributed by atoms with Gasteiger partial charge in [0.1, 0.15) is 11.5 Å². The van der Waals surface area contributed by atoms with Gasteiger partial charge in [-0.05, 0) is 48.0 Å². The van der Waals surface area contributed by atoms with Crippen LogP contribution >= 0.6 is 0 Å². The van der Waals surface area contributed by atoms with E-state index in [9.17, 15) is 4.21 Å². The van der Waals surface area contributed by atoms with Crippen LogP contribution in [0.1, 0.15) is 16.7 Å². The topological polar surface area (TPSA) is 47.9 Å². The highest BCUT2D eigenvalue weighted by molar-refractivity contribution is 7.93. The highest BCUT2D eigenvalue weighted by atomic mass is 32.2. The fourth-order valence-corrected chi connectivity index (χ4v) is 4.95. The third-order valence-corrected chi connectivity index (χ3v) is 6.51. The summed E-state index contributed by atoms with van der Waals surface area (Å²) in [6.07, 6.45) is 1.69. The van der Waals surface area contributed by atoms with E-state index >= 15 is 0 Å². The lowest BCUT2D eigenvalue weighted by atomic mass is 9.93. The van der Waals surface area contributed by atoms with Crippen molar-refractivity contribution >= 4 is 21.0 Å². The van der Waals surface area contributed by atoms with Crippen LogP contribution in [-0.4, -0.2) is 24.7 Å². The van der Waals surface area contributed by atoms with Gasteiger partial charge in [-0.2, -0.15) is 4.36 Å². The molecule has 1 atom stereocenters. The first kappa shape index (κ1) is 18.3. The van der Waals surface area contributed by atoms with Gasteiger partial charge < -0.3 is 9.47 Å². The van der Waals surface area contributed by atoms with Gasteiger partial charge in [-0.1, -0.05) is 30.3 Å². The highest BCUT2D eigenvalue weighted by Gasteiger charge is 2.25. The van der Waals surface area contributed by atoms with Crippen molar-refractivity contribution in [3.63, 3.8) is 0 Å². The Labute approximate surface area is 165 Å². The molecule has 28 heavy (non-hydrogen) atoms. The van der Waals surface area contributed by atoms with E-state index in [2.05, 4.69) is 0 Å². The van der Waals surface area contributed by atoms with Gasteiger partial charge in [0.15, 0.2) is 0 Å². The molecule has 0 aliphatic carbocycles. The predicted molar refractivity (Wildman–Crippen MR) is 113 cm³/mol. The quantitative estimate of drug-likeness (QED) is 0.622. The highest BCUT2D eigenvalue weighted by Crippen LogP contribution is 2.41. The minimum Gasteiger partial charge on any atom is -0.497 e. The maximum absolute atomic E-state index is 13.4. The van der Waals surface area contributed by atoms with Gasteiger partial charge in [0, 0.05) is 23.0 Å². The summed E-state index contributed by atoms with van der Waals surface area (Å²) in [7, 11) is 0.736. The Morgan fingerprint density at radius 3 is 1.86 bits per heavy atom. The fraction of sp³-hybridized carbons (Fsp3) is 0.130. The fourth-order valence-electron chi connectivity index (χ4n) is 3.40. The van der Waals surface area contributed by atoms with E-state index in [0.29, 0.717) is 0 Å². The molecule has 1 aliphatic heterocycles. The summed E-state index contributed by atoms with van der Waals surface area (Å²) in [6.45, 7) is 0. The molecule has 0 N–H and O–H groups in total. The third-order valence-electron chi connectivity index (χ3n) is 4.81. The molecular weight excluding hydrogens is 370 g/mol. The van der Waals surface area contributed by atoms with Crippen LogP contribution in [0.15, 0.2) is 82.1 Å². The lowest BCUT2D eigenvalue weighted by molar-refractivity contribution is 0.414. The van der Waals surface area contributed by atoms with E-state index < -0.39 is 9.73 Å². The molecule has 1 heterocycles. The molecule has 4 rings (SSSR count). The number of fused-ring (bicyclic) bond motifs is 1. The monoisotopic (exact) mass is 391 g/mol. The Morgan fingerprint density at radius 1 is 0.750 bits per heavy atom. The van der Waals surface area contributed by atoms with Gasteiger partial charge in [-0.3, -0.25) is 0 Å². The number of benzene rings is 3. The standard InChI is InChI=1S/C23H21NO3S/c1-26-18-12-8-16(9-13-18)22-20-6-4-5-7-21(20)28(3,25)24-23(22)17-10-14-19(27-2)15-11-17/h4-15H,1-3H3. The molecule has 1 aliphatic rings. The Balaban J connectivity index is 2.03. The molecule has 0 saturated carbocycles. The van der Waals surface area contributed by atoms with Gasteiger partial charge >= 0.3 is 0 Å². The summed E-state index contributed by atoms with van der Waals surface area (Å²) in [4.78, 5) is 0.762. The molecule has 142 valence electrons. The molecule has 0 bridgehead atoms. The first-order chi connectivity index (χ1) is 13.5. The maximum Gasteiger partial charge on any atom is 0.118 e. The summed E-state index contributed by atoms with van der Waals surface area (Å²) < 4.78 is 28.7. The van der Waals surface area contributed by atoms with Crippen LogP contribution in [0.5, 0.6) is 11.5 Å². The number of nitrogens with zero attached hydrogens (tertiary/aromatic N) is 1. The van der Waals surface area contributed by atoms with Gasteiger partial charge in [0.25, 0.3) is 0 Å². The Hall–Kier alpha value is -3.05. The molecule has 5 heteroatoms. The molecule has 0 radical (unpaired) electrons. The molecule has 0 aromatic heterocycles. The first-order valence-electron chi connectivity index (χ1n) is 8.88. The number of hydrogen-bond acceptors (Lipinski definition) is 4. The molecule has 3 aromatic rings. The zero-order valence-electron chi connectivity index (χ0n) is 16.0. The van der Waals surface area contributed by atoms with Crippen LogP contribution < -0.4 is 9.47 Å². The molecule has 4 nitrogen and oxygen atoms in total. The van der Waals surface area contributed by atoms with E-state index in [0.717, 1.165) is 44.4 Å². The van der Waals surface area contributed by atoms with Crippen LogP contribution in [0.3, 0.4) is 0 Å². The smallest absolute Gasteiger partial charge is 0.118 e. The lowest BCUT2D eigenvalue weighted by Gasteiger charge is -2.23. The average Bonchev–Trinajstić information content (AvgIpc) is 2.74. The maximum atomic E-state index is 13.4. The van der Waals surface area contributed by atoms with Crippen molar-refractivity contribution in [1.29, 1.82) is 0 Å². The van der Waals surface area contributed by atoms with Crippen LogP contribution in [0, 0.1) is 0 Å². The van der Waals surface area contributed by atoms with Crippen molar-refractivity contribution in [1.82, 2.24) is 0 Å². The van der Waals surface area contributed by atoms with Crippen LogP contribution in [0.2, 0.25) is 0 Å². The molecule has 0 spiro atoms. The molecule has 3 aromatic carbocycles. The Kier molecular flexibility index (Phi) is 4.69. The SMILES string of the molecule is COc1ccc(C2=C(c3ccc(OC)cc3)c3ccccc3S(C)(=O)=N2)cc1. The number of rotatable bonds is 4. The first-order valence-corrected chi connectivity index (χ1v) is 10.8. The van der Waals surface area contributed by atoms with Crippen molar-refractivity contribution in [3.8, 4) is 11.5 Å². The number of methoxy groups -OCH3 is 2. The summed E-state index contributed by atoms with van der Waals surface area (Å²) in [6, 6.07) is 23.3. The van der Waals surface area contributed by atoms with Crippen molar-refractivity contribution in [2.45, 2.75) is 4.90 Å². The van der Waals surface area contributed by atoms with Crippen molar-refractivity contribution in [3.05, 3.63) is 89.5 Å². The largest absolute Gasteiger partial charge is 0.497 e. The second-order valence-electron chi connectivity index (χ2n) is 6.57. The van der Waals surface area contributed by atoms with Crippen molar-refractivity contribution < 1.29 is 13.7 Å². The van der Waals surface area contributed by atoms with Gasteiger partial charge in [0.05, 0.1) is 34.5 Å². The third kappa shape index (κ3) is 3.18. The summed E-state index contributed by atoms with van der Waals surface area (Å²) in [5.41, 5.74) is 4.53. The molecular formula is C23H21NO3S. The van der Waals surface area contributed by atoms with E-state index in [1.165, 1.54) is 0 Å². The van der Waals surface area contributed by atoms with Crippen molar-refractivity contribution in [2.24, 2.45) is 4.36 Å². The van der Waals surface area contributed by atoms with E-state index in [-0.39, 0.29) is 0 Å². The van der Waals surface area contributed by atoms with E-state index in [1.807, 2.05) is 72.8 Å².